The number of thiophene rings is 1. The highest BCUT2D eigenvalue weighted by Crippen LogP contribution is 2.29. The van der Waals surface area contributed by atoms with Crippen molar-refractivity contribution in [3.63, 3.8) is 0 Å². The molecule has 0 unspecified atom stereocenters. The first kappa shape index (κ1) is 14.2. The summed E-state index contributed by atoms with van der Waals surface area (Å²) in [5.41, 5.74) is 0. The smallest absolute Gasteiger partial charge is 0.229 e. The SMILES string of the molecule is Brc1ccc(-c2noc(CCOC3CCNCC3)n2)s1. The van der Waals surface area contributed by atoms with Gasteiger partial charge in [0.25, 0.3) is 0 Å². The Kier molecular flexibility index (Phi) is 4.82. The van der Waals surface area contributed by atoms with E-state index >= 15 is 0 Å². The minimum Gasteiger partial charge on any atom is -0.378 e. The fraction of sp³-hybridized carbons (Fsp3) is 0.538. The Hall–Kier alpha value is -0.760. The maximum Gasteiger partial charge on any atom is 0.229 e. The molecule has 7 heteroatoms. The second kappa shape index (κ2) is 6.80. The van der Waals surface area contributed by atoms with Crippen molar-refractivity contribution < 1.29 is 9.26 Å². The summed E-state index contributed by atoms with van der Waals surface area (Å²) < 4.78 is 12.2. The van der Waals surface area contributed by atoms with Crippen LogP contribution in [0.2, 0.25) is 0 Å². The Bertz CT molecular complexity index is 551. The first-order valence-electron chi connectivity index (χ1n) is 6.72. The number of hydrogen-bond acceptors (Lipinski definition) is 6. The molecule has 0 radical (unpaired) electrons. The average molecular weight is 358 g/mol. The van der Waals surface area contributed by atoms with Gasteiger partial charge in [-0.15, -0.1) is 11.3 Å². The summed E-state index contributed by atoms with van der Waals surface area (Å²) in [4.78, 5) is 5.40. The number of nitrogens with one attached hydrogen (secondary N) is 1. The molecule has 0 atom stereocenters. The monoisotopic (exact) mass is 357 g/mol. The zero-order valence-electron chi connectivity index (χ0n) is 11.0. The third-order valence-corrected chi connectivity index (χ3v) is 4.84. The molecule has 2 aromatic rings. The van der Waals surface area contributed by atoms with Crippen LogP contribution in [0.3, 0.4) is 0 Å². The van der Waals surface area contributed by atoms with Crippen LogP contribution in [0.4, 0.5) is 0 Å². The molecular formula is C13H16BrN3O2S. The molecule has 1 aliphatic rings. The first-order chi connectivity index (χ1) is 9.81. The van der Waals surface area contributed by atoms with Gasteiger partial charge in [0.2, 0.25) is 11.7 Å². The molecule has 0 aliphatic carbocycles. The summed E-state index contributed by atoms with van der Waals surface area (Å²) >= 11 is 5.02. The summed E-state index contributed by atoms with van der Waals surface area (Å²) in [6.45, 7) is 2.73. The minimum absolute atomic E-state index is 0.367. The molecule has 0 spiro atoms. The van der Waals surface area contributed by atoms with Gasteiger partial charge in [-0.1, -0.05) is 5.16 Å². The lowest BCUT2D eigenvalue weighted by molar-refractivity contribution is 0.0322. The molecule has 1 N–H and O–H groups in total. The summed E-state index contributed by atoms with van der Waals surface area (Å²) in [5.74, 6) is 1.29. The van der Waals surface area contributed by atoms with Gasteiger partial charge in [-0.05, 0) is 54.0 Å². The molecule has 3 rings (SSSR count). The van der Waals surface area contributed by atoms with Gasteiger partial charge in [-0.2, -0.15) is 4.98 Å². The van der Waals surface area contributed by atoms with Gasteiger partial charge in [0, 0.05) is 0 Å². The first-order valence-corrected chi connectivity index (χ1v) is 8.33. The van der Waals surface area contributed by atoms with Crippen molar-refractivity contribution in [2.45, 2.75) is 25.4 Å². The normalized spacial score (nSPS) is 16.6. The fourth-order valence-corrected chi connectivity index (χ4v) is 3.48. The number of hydrogen-bond donors (Lipinski definition) is 1. The van der Waals surface area contributed by atoms with Crippen LogP contribution in [0.25, 0.3) is 10.7 Å². The highest BCUT2D eigenvalue weighted by Gasteiger charge is 2.14. The fourth-order valence-electron chi connectivity index (χ4n) is 2.17. The number of rotatable bonds is 5. The van der Waals surface area contributed by atoms with E-state index in [9.17, 15) is 0 Å². The third-order valence-electron chi connectivity index (χ3n) is 3.22. The van der Waals surface area contributed by atoms with Crippen molar-refractivity contribution in [1.29, 1.82) is 0 Å². The zero-order chi connectivity index (χ0) is 13.8. The molecule has 1 saturated heterocycles. The molecule has 5 nitrogen and oxygen atoms in total. The number of piperidine rings is 1. The van der Waals surface area contributed by atoms with Crippen molar-refractivity contribution in [3.05, 3.63) is 21.8 Å². The van der Waals surface area contributed by atoms with Crippen LogP contribution in [0.5, 0.6) is 0 Å². The second-order valence-electron chi connectivity index (χ2n) is 4.69. The van der Waals surface area contributed by atoms with Crippen molar-refractivity contribution >= 4 is 27.3 Å². The van der Waals surface area contributed by atoms with E-state index in [-0.39, 0.29) is 0 Å². The third kappa shape index (κ3) is 3.66. The standard InChI is InChI=1S/C13H16BrN3O2S/c14-11-2-1-10(20-11)13-16-12(19-17-13)5-8-18-9-3-6-15-7-4-9/h1-2,9,15H,3-8H2. The van der Waals surface area contributed by atoms with Crippen LogP contribution in [0.15, 0.2) is 20.4 Å². The topological polar surface area (TPSA) is 60.2 Å². The Morgan fingerprint density at radius 1 is 1.40 bits per heavy atom. The predicted octanol–water partition coefficient (Wildman–Crippen LogP) is 2.87. The highest BCUT2D eigenvalue weighted by atomic mass is 79.9. The number of nitrogens with zero attached hydrogens (tertiary/aromatic N) is 2. The van der Waals surface area contributed by atoms with E-state index in [1.54, 1.807) is 11.3 Å². The quantitative estimate of drug-likeness (QED) is 0.891. The molecule has 1 aliphatic heterocycles. The van der Waals surface area contributed by atoms with Crippen LogP contribution < -0.4 is 5.32 Å². The molecule has 0 aromatic carbocycles. The van der Waals surface area contributed by atoms with Crippen LogP contribution in [-0.2, 0) is 11.2 Å². The molecule has 108 valence electrons. The van der Waals surface area contributed by atoms with E-state index in [0.717, 1.165) is 34.6 Å². The lowest BCUT2D eigenvalue weighted by Crippen LogP contribution is -2.32. The van der Waals surface area contributed by atoms with E-state index < -0.39 is 0 Å². The maximum absolute atomic E-state index is 5.83. The Labute approximate surface area is 129 Å². The Morgan fingerprint density at radius 3 is 3.00 bits per heavy atom. The molecule has 0 saturated carbocycles. The molecule has 2 aromatic heterocycles. The molecule has 20 heavy (non-hydrogen) atoms. The number of ether oxygens (including phenoxy) is 1. The molecule has 1 fully saturated rings. The average Bonchev–Trinajstić information content (AvgIpc) is 3.09. The van der Waals surface area contributed by atoms with Gasteiger partial charge in [0.15, 0.2) is 0 Å². The summed E-state index contributed by atoms with van der Waals surface area (Å²) in [6.07, 6.45) is 3.20. The van der Waals surface area contributed by atoms with Crippen LogP contribution in [0.1, 0.15) is 18.7 Å². The van der Waals surface area contributed by atoms with E-state index in [2.05, 4.69) is 31.4 Å². The van der Waals surface area contributed by atoms with Gasteiger partial charge in [0.05, 0.1) is 27.8 Å². The molecular weight excluding hydrogens is 342 g/mol. The zero-order valence-corrected chi connectivity index (χ0v) is 13.4. The summed E-state index contributed by atoms with van der Waals surface area (Å²) in [6, 6.07) is 3.96. The maximum atomic E-state index is 5.83. The van der Waals surface area contributed by atoms with Crippen LogP contribution in [0, 0.1) is 0 Å². The van der Waals surface area contributed by atoms with Gasteiger partial charge < -0.3 is 14.6 Å². The molecule has 0 bridgehead atoms. The summed E-state index contributed by atoms with van der Waals surface area (Å²) in [5, 5.41) is 7.33. The van der Waals surface area contributed by atoms with E-state index in [0.29, 0.717) is 30.8 Å². The van der Waals surface area contributed by atoms with Gasteiger partial charge in [0.1, 0.15) is 0 Å². The molecule has 3 heterocycles. The minimum atomic E-state index is 0.367. The van der Waals surface area contributed by atoms with Crippen molar-refractivity contribution in [2.24, 2.45) is 0 Å². The second-order valence-corrected chi connectivity index (χ2v) is 7.15. The predicted molar refractivity (Wildman–Crippen MR) is 80.9 cm³/mol. The van der Waals surface area contributed by atoms with Gasteiger partial charge in [-0.3, -0.25) is 0 Å². The lowest BCUT2D eigenvalue weighted by Gasteiger charge is -2.22. The van der Waals surface area contributed by atoms with Crippen molar-refractivity contribution in [2.75, 3.05) is 19.7 Å². The van der Waals surface area contributed by atoms with Crippen molar-refractivity contribution in [3.8, 4) is 10.7 Å². The lowest BCUT2D eigenvalue weighted by atomic mass is 10.1. The largest absolute Gasteiger partial charge is 0.378 e. The van der Waals surface area contributed by atoms with E-state index in [4.69, 9.17) is 9.26 Å². The molecule has 0 amide bonds. The Balaban J connectivity index is 1.50. The van der Waals surface area contributed by atoms with E-state index in [1.165, 1.54) is 0 Å². The number of halogens is 1. The van der Waals surface area contributed by atoms with E-state index in [1.807, 2.05) is 12.1 Å². The van der Waals surface area contributed by atoms with Crippen molar-refractivity contribution in [1.82, 2.24) is 15.5 Å². The highest BCUT2D eigenvalue weighted by molar-refractivity contribution is 9.11. The van der Waals surface area contributed by atoms with Gasteiger partial charge in [-0.25, -0.2) is 0 Å². The summed E-state index contributed by atoms with van der Waals surface area (Å²) in [7, 11) is 0. The van der Waals surface area contributed by atoms with Crippen LogP contribution in [-0.4, -0.2) is 35.9 Å². The number of aromatic nitrogens is 2. The Morgan fingerprint density at radius 2 is 2.25 bits per heavy atom. The van der Waals surface area contributed by atoms with Crippen LogP contribution >= 0.6 is 27.3 Å². The van der Waals surface area contributed by atoms with Gasteiger partial charge >= 0.3 is 0 Å².